The number of pyridine rings is 1. The lowest BCUT2D eigenvalue weighted by atomic mass is 9.94. The maximum atomic E-state index is 5.37. The Bertz CT molecular complexity index is 532. The molecule has 0 fully saturated rings. The number of fused-ring (bicyclic) bond motifs is 1. The third-order valence-electron chi connectivity index (χ3n) is 3.28. The molecule has 2 aromatic rings. The van der Waals surface area contributed by atoms with Crippen LogP contribution in [0.3, 0.4) is 0 Å². The summed E-state index contributed by atoms with van der Waals surface area (Å²) in [6.07, 6.45) is 6.93. The van der Waals surface area contributed by atoms with Crippen molar-refractivity contribution in [1.29, 1.82) is 0 Å². The van der Waals surface area contributed by atoms with Gasteiger partial charge in [-0.15, -0.1) is 0 Å². The molecule has 0 saturated heterocycles. The van der Waals surface area contributed by atoms with Crippen LogP contribution in [0.1, 0.15) is 51.1 Å². The Morgan fingerprint density at radius 3 is 2.59 bits per heavy atom. The van der Waals surface area contributed by atoms with Crippen molar-refractivity contribution in [2.75, 3.05) is 0 Å². The molecule has 0 aliphatic heterocycles. The van der Waals surface area contributed by atoms with Gasteiger partial charge in [0.25, 0.3) is 0 Å². The molecule has 0 spiro atoms. The molecule has 0 atom stereocenters. The maximum Gasteiger partial charge on any atom is 0.182 e. The second-order valence-corrected chi connectivity index (χ2v) is 4.96. The largest absolute Gasteiger partial charge is 0.333 e. The fourth-order valence-electron chi connectivity index (χ4n) is 2.52. The molecule has 2 heterocycles. The number of hydrogen-bond donors (Lipinski definition) is 1. The van der Waals surface area contributed by atoms with Crippen LogP contribution in [0.4, 0.5) is 0 Å². The fraction of sp³-hybridized carbons (Fsp3) is 0.500. The summed E-state index contributed by atoms with van der Waals surface area (Å²) >= 11 is 5.37. The van der Waals surface area contributed by atoms with Crippen molar-refractivity contribution in [1.82, 2.24) is 9.38 Å². The first-order valence-corrected chi connectivity index (χ1v) is 6.88. The minimum atomic E-state index is 0.610. The number of rotatable bonds is 5. The van der Waals surface area contributed by atoms with Gasteiger partial charge < -0.3 is 4.98 Å². The van der Waals surface area contributed by atoms with Crippen molar-refractivity contribution in [3.63, 3.8) is 0 Å². The van der Waals surface area contributed by atoms with Crippen LogP contribution < -0.4 is 0 Å². The number of nitrogens with zero attached hydrogens (tertiary/aromatic N) is 1. The van der Waals surface area contributed by atoms with Gasteiger partial charge in [0.2, 0.25) is 0 Å². The zero-order valence-electron chi connectivity index (χ0n) is 10.6. The molecule has 92 valence electrons. The fourth-order valence-corrected chi connectivity index (χ4v) is 2.79. The molecule has 2 aromatic heterocycles. The highest BCUT2D eigenvalue weighted by Crippen LogP contribution is 2.28. The number of H-pyrrole nitrogens is 1. The Balaban J connectivity index is 2.49. The summed E-state index contributed by atoms with van der Waals surface area (Å²) in [7, 11) is 0. The van der Waals surface area contributed by atoms with E-state index in [2.05, 4.69) is 35.4 Å². The standard InChI is InChI=1S/C14H20N2S/c1-3-7-11(8-4-2)13-12-9-5-6-10-16(12)14(17)15-13/h5-6,9-11H,3-4,7-8H2,1-2H3,(H,15,17). The normalized spacial score (nSPS) is 11.5. The second-order valence-electron chi connectivity index (χ2n) is 4.57. The summed E-state index contributed by atoms with van der Waals surface area (Å²) in [6, 6.07) is 6.26. The summed E-state index contributed by atoms with van der Waals surface area (Å²) in [4.78, 5) is 3.40. The summed E-state index contributed by atoms with van der Waals surface area (Å²) in [5.74, 6) is 0.610. The molecule has 1 N–H and O–H groups in total. The molecular formula is C14H20N2S. The van der Waals surface area contributed by atoms with E-state index in [1.165, 1.54) is 36.9 Å². The summed E-state index contributed by atoms with van der Waals surface area (Å²) in [5.41, 5.74) is 2.56. The van der Waals surface area contributed by atoms with E-state index in [9.17, 15) is 0 Å². The average molecular weight is 248 g/mol. The van der Waals surface area contributed by atoms with Gasteiger partial charge in [0, 0.05) is 17.8 Å². The van der Waals surface area contributed by atoms with Gasteiger partial charge in [-0.3, -0.25) is 4.40 Å². The van der Waals surface area contributed by atoms with Crippen LogP contribution in [-0.4, -0.2) is 9.38 Å². The van der Waals surface area contributed by atoms with Gasteiger partial charge in [0.15, 0.2) is 4.77 Å². The van der Waals surface area contributed by atoms with Gasteiger partial charge in [0.1, 0.15) is 0 Å². The van der Waals surface area contributed by atoms with E-state index in [-0.39, 0.29) is 0 Å². The van der Waals surface area contributed by atoms with E-state index in [0.29, 0.717) is 5.92 Å². The second kappa shape index (κ2) is 5.50. The number of nitrogens with one attached hydrogen (secondary N) is 1. The van der Waals surface area contributed by atoms with Gasteiger partial charge >= 0.3 is 0 Å². The van der Waals surface area contributed by atoms with Crippen molar-refractivity contribution < 1.29 is 0 Å². The highest BCUT2D eigenvalue weighted by Gasteiger charge is 2.15. The predicted molar refractivity (Wildman–Crippen MR) is 75.1 cm³/mol. The van der Waals surface area contributed by atoms with Crippen LogP contribution >= 0.6 is 12.2 Å². The lowest BCUT2D eigenvalue weighted by molar-refractivity contribution is 0.553. The van der Waals surface area contributed by atoms with E-state index in [1.807, 2.05) is 12.3 Å². The quantitative estimate of drug-likeness (QED) is 0.762. The highest BCUT2D eigenvalue weighted by atomic mass is 32.1. The molecule has 0 aromatic carbocycles. The summed E-state index contributed by atoms with van der Waals surface area (Å²) < 4.78 is 2.89. The van der Waals surface area contributed by atoms with Crippen molar-refractivity contribution in [2.45, 2.75) is 45.4 Å². The highest BCUT2D eigenvalue weighted by molar-refractivity contribution is 7.71. The number of imidazole rings is 1. The van der Waals surface area contributed by atoms with Crippen LogP contribution in [0.25, 0.3) is 5.52 Å². The van der Waals surface area contributed by atoms with Crippen LogP contribution in [-0.2, 0) is 0 Å². The van der Waals surface area contributed by atoms with Crippen LogP contribution in [0.15, 0.2) is 24.4 Å². The average Bonchev–Trinajstić information content (AvgIpc) is 2.67. The molecule has 0 bridgehead atoms. The van der Waals surface area contributed by atoms with Crippen LogP contribution in [0.2, 0.25) is 0 Å². The predicted octanol–water partition coefficient (Wildman–Crippen LogP) is 4.68. The first-order chi connectivity index (χ1) is 8.27. The molecule has 2 rings (SSSR count). The minimum absolute atomic E-state index is 0.610. The summed E-state index contributed by atoms with van der Waals surface area (Å²) in [5, 5.41) is 0. The van der Waals surface area contributed by atoms with Gasteiger partial charge in [-0.05, 0) is 37.2 Å². The minimum Gasteiger partial charge on any atom is -0.333 e. The Morgan fingerprint density at radius 1 is 1.24 bits per heavy atom. The van der Waals surface area contributed by atoms with Crippen molar-refractivity contribution in [3.05, 3.63) is 34.9 Å². The molecule has 0 unspecified atom stereocenters. The van der Waals surface area contributed by atoms with Crippen molar-refractivity contribution in [3.8, 4) is 0 Å². The molecule has 3 heteroatoms. The van der Waals surface area contributed by atoms with E-state index >= 15 is 0 Å². The van der Waals surface area contributed by atoms with Gasteiger partial charge in [-0.1, -0.05) is 32.8 Å². The monoisotopic (exact) mass is 248 g/mol. The van der Waals surface area contributed by atoms with E-state index in [4.69, 9.17) is 12.2 Å². The van der Waals surface area contributed by atoms with Crippen molar-refractivity contribution >= 4 is 17.7 Å². The zero-order chi connectivity index (χ0) is 12.3. The molecule has 0 radical (unpaired) electrons. The molecule has 17 heavy (non-hydrogen) atoms. The van der Waals surface area contributed by atoms with Gasteiger partial charge in [0.05, 0.1) is 5.52 Å². The topological polar surface area (TPSA) is 20.2 Å². The first-order valence-electron chi connectivity index (χ1n) is 6.47. The number of aromatic amines is 1. The van der Waals surface area contributed by atoms with Gasteiger partial charge in [-0.2, -0.15) is 0 Å². The van der Waals surface area contributed by atoms with E-state index < -0.39 is 0 Å². The lowest BCUT2D eigenvalue weighted by Crippen LogP contribution is -1.99. The zero-order valence-corrected chi connectivity index (χ0v) is 11.4. The van der Waals surface area contributed by atoms with Gasteiger partial charge in [-0.25, -0.2) is 0 Å². The molecule has 0 saturated carbocycles. The maximum absolute atomic E-state index is 5.37. The Morgan fingerprint density at radius 2 is 1.94 bits per heavy atom. The Labute approximate surface area is 108 Å². The van der Waals surface area contributed by atoms with Crippen molar-refractivity contribution in [2.24, 2.45) is 0 Å². The molecule has 2 nitrogen and oxygen atoms in total. The van der Waals surface area contributed by atoms with E-state index in [1.54, 1.807) is 0 Å². The lowest BCUT2D eigenvalue weighted by Gasteiger charge is -2.13. The number of aromatic nitrogens is 2. The molecule has 0 amide bonds. The summed E-state index contributed by atoms with van der Waals surface area (Å²) in [6.45, 7) is 4.49. The SMILES string of the molecule is CCCC(CCC)c1[nH]c(=S)n2ccccc12. The number of hydrogen-bond acceptors (Lipinski definition) is 1. The molecular weight excluding hydrogens is 228 g/mol. The molecule has 0 aliphatic rings. The van der Waals surface area contributed by atoms with Crippen LogP contribution in [0, 0.1) is 4.77 Å². The Hall–Kier alpha value is -1.09. The Kier molecular flexibility index (Phi) is 4.00. The van der Waals surface area contributed by atoms with E-state index in [0.717, 1.165) is 4.77 Å². The smallest absolute Gasteiger partial charge is 0.182 e. The third-order valence-corrected chi connectivity index (χ3v) is 3.58. The van der Waals surface area contributed by atoms with Crippen LogP contribution in [0.5, 0.6) is 0 Å². The first kappa shape index (κ1) is 12.4. The third kappa shape index (κ3) is 2.44. The molecule has 0 aliphatic carbocycles.